The molecule has 18 heavy (non-hydrogen) atoms. The SMILES string of the molecule is O=C1C(=O)N(C(F)C(=O)O)c2cc(F)c(F)cc21. The standard InChI is InChI=1S/C10H4F3NO4/c11-4-1-3-6(2-5(4)12)14(8(13)10(17)18)9(16)7(3)15/h1-2,8H,(H,17,18). The Balaban J connectivity index is 2.62. The molecule has 0 spiro atoms. The molecule has 1 amide bonds. The van der Waals surface area contributed by atoms with Crippen LogP contribution in [-0.4, -0.2) is 29.1 Å². The van der Waals surface area contributed by atoms with Crippen molar-refractivity contribution in [2.45, 2.75) is 6.30 Å². The Morgan fingerprint density at radius 2 is 1.78 bits per heavy atom. The van der Waals surface area contributed by atoms with Crippen LogP contribution in [0.5, 0.6) is 0 Å². The molecule has 8 heteroatoms. The summed E-state index contributed by atoms with van der Waals surface area (Å²) < 4.78 is 39.2. The van der Waals surface area contributed by atoms with Crippen molar-refractivity contribution in [3.63, 3.8) is 0 Å². The molecule has 0 aliphatic carbocycles. The van der Waals surface area contributed by atoms with Crippen LogP contribution in [0.4, 0.5) is 18.9 Å². The number of nitrogens with zero attached hydrogens (tertiary/aromatic N) is 1. The van der Waals surface area contributed by atoms with Crippen molar-refractivity contribution in [3.05, 3.63) is 29.3 Å². The molecular formula is C10H4F3NO4. The fraction of sp³-hybridized carbons (Fsp3) is 0.100. The summed E-state index contributed by atoms with van der Waals surface area (Å²) in [6, 6.07) is 0.836. The number of ketones is 1. The van der Waals surface area contributed by atoms with Crippen LogP contribution in [0, 0.1) is 11.6 Å². The van der Waals surface area contributed by atoms with E-state index in [1.54, 1.807) is 0 Å². The monoisotopic (exact) mass is 259 g/mol. The number of amides is 1. The van der Waals surface area contributed by atoms with Gasteiger partial charge in [0.1, 0.15) is 0 Å². The van der Waals surface area contributed by atoms with Crippen molar-refractivity contribution >= 4 is 23.3 Å². The Bertz CT molecular complexity index is 587. The summed E-state index contributed by atoms with van der Waals surface area (Å²) >= 11 is 0. The molecule has 1 aromatic carbocycles. The lowest BCUT2D eigenvalue weighted by molar-refractivity contribution is -0.144. The third-order valence-electron chi connectivity index (χ3n) is 2.39. The van der Waals surface area contributed by atoms with Gasteiger partial charge < -0.3 is 5.11 Å². The van der Waals surface area contributed by atoms with Crippen molar-refractivity contribution in [2.75, 3.05) is 4.90 Å². The van der Waals surface area contributed by atoms with Crippen LogP contribution in [0.25, 0.3) is 0 Å². The number of Topliss-reactive ketones (excluding diaryl/α,β-unsaturated/α-hetero) is 1. The van der Waals surface area contributed by atoms with Gasteiger partial charge in [-0.2, -0.15) is 0 Å². The third-order valence-corrected chi connectivity index (χ3v) is 2.39. The minimum atomic E-state index is -2.84. The fourth-order valence-corrected chi connectivity index (χ4v) is 1.59. The number of anilines is 1. The quantitative estimate of drug-likeness (QED) is 0.631. The highest BCUT2D eigenvalue weighted by Gasteiger charge is 2.43. The van der Waals surface area contributed by atoms with Crippen LogP contribution in [0.2, 0.25) is 0 Å². The predicted octanol–water partition coefficient (Wildman–Crippen LogP) is 0.874. The molecule has 1 aromatic rings. The highest BCUT2D eigenvalue weighted by Crippen LogP contribution is 2.32. The van der Waals surface area contributed by atoms with Gasteiger partial charge in [0.05, 0.1) is 11.3 Å². The molecule has 0 aromatic heterocycles. The summed E-state index contributed by atoms with van der Waals surface area (Å²) in [5, 5.41) is 8.45. The maximum Gasteiger partial charge on any atom is 0.360 e. The van der Waals surface area contributed by atoms with Gasteiger partial charge in [-0.05, 0) is 6.07 Å². The molecule has 1 heterocycles. The van der Waals surface area contributed by atoms with Crippen molar-refractivity contribution in [3.8, 4) is 0 Å². The van der Waals surface area contributed by atoms with E-state index < -0.39 is 46.8 Å². The number of carbonyl (C=O) groups excluding carboxylic acids is 2. The van der Waals surface area contributed by atoms with E-state index in [1.165, 1.54) is 0 Å². The zero-order valence-electron chi connectivity index (χ0n) is 8.49. The lowest BCUT2D eigenvalue weighted by Crippen LogP contribution is -2.41. The van der Waals surface area contributed by atoms with Crippen LogP contribution in [0.3, 0.4) is 0 Å². The summed E-state index contributed by atoms with van der Waals surface area (Å²) in [6.07, 6.45) is -2.84. The van der Waals surface area contributed by atoms with Crippen LogP contribution in [-0.2, 0) is 9.59 Å². The number of carbonyl (C=O) groups is 3. The molecule has 0 fully saturated rings. The van der Waals surface area contributed by atoms with E-state index in [0.717, 1.165) is 0 Å². The van der Waals surface area contributed by atoms with E-state index in [4.69, 9.17) is 5.11 Å². The molecular weight excluding hydrogens is 255 g/mol. The molecule has 0 bridgehead atoms. The minimum absolute atomic E-state index is 0.0253. The van der Waals surface area contributed by atoms with Crippen LogP contribution in [0.15, 0.2) is 12.1 Å². The molecule has 0 saturated heterocycles. The molecule has 1 N–H and O–H groups in total. The lowest BCUT2D eigenvalue weighted by atomic mass is 10.1. The molecule has 1 aliphatic rings. The maximum atomic E-state index is 13.3. The normalized spacial score (nSPS) is 15.8. The number of aliphatic carboxylic acids is 1. The van der Waals surface area contributed by atoms with Crippen molar-refractivity contribution in [1.29, 1.82) is 0 Å². The number of hydrogen-bond acceptors (Lipinski definition) is 3. The number of hydrogen-bond donors (Lipinski definition) is 1. The van der Waals surface area contributed by atoms with Crippen LogP contribution in [0.1, 0.15) is 10.4 Å². The first kappa shape index (κ1) is 12.1. The predicted molar refractivity (Wildman–Crippen MR) is 50.7 cm³/mol. The molecule has 1 atom stereocenters. The Labute approximate surface area is 97.4 Å². The van der Waals surface area contributed by atoms with E-state index in [1.807, 2.05) is 0 Å². The maximum absolute atomic E-state index is 13.3. The topological polar surface area (TPSA) is 74.7 Å². The van der Waals surface area contributed by atoms with E-state index in [0.29, 0.717) is 12.1 Å². The smallest absolute Gasteiger partial charge is 0.360 e. The zero-order chi connectivity index (χ0) is 13.6. The second kappa shape index (κ2) is 3.83. The van der Waals surface area contributed by atoms with Gasteiger partial charge in [-0.25, -0.2) is 18.0 Å². The largest absolute Gasteiger partial charge is 0.478 e. The van der Waals surface area contributed by atoms with Gasteiger partial charge in [0.2, 0.25) is 0 Å². The lowest BCUT2D eigenvalue weighted by Gasteiger charge is -2.17. The number of rotatable bonds is 2. The van der Waals surface area contributed by atoms with Crippen molar-refractivity contribution in [1.82, 2.24) is 0 Å². The van der Waals surface area contributed by atoms with Gasteiger partial charge in [-0.15, -0.1) is 0 Å². The molecule has 5 nitrogen and oxygen atoms in total. The zero-order valence-corrected chi connectivity index (χ0v) is 8.49. The first-order valence-corrected chi connectivity index (χ1v) is 4.58. The Morgan fingerprint density at radius 1 is 1.22 bits per heavy atom. The summed E-state index contributed by atoms with van der Waals surface area (Å²) in [6.45, 7) is 0. The highest BCUT2D eigenvalue weighted by atomic mass is 19.2. The van der Waals surface area contributed by atoms with E-state index in [9.17, 15) is 27.6 Å². The van der Waals surface area contributed by atoms with Gasteiger partial charge in [0.15, 0.2) is 11.6 Å². The number of alkyl halides is 1. The second-order valence-corrected chi connectivity index (χ2v) is 3.46. The van der Waals surface area contributed by atoms with Crippen LogP contribution < -0.4 is 4.90 Å². The molecule has 2 rings (SSSR count). The van der Waals surface area contributed by atoms with Gasteiger partial charge >= 0.3 is 11.9 Å². The van der Waals surface area contributed by atoms with Gasteiger partial charge in [0.25, 0.3) is 12.1 Å². The molecule has 0 radical (unpaired) electrons. The van der Waals surface area contributed by atoms with Gasteiger partial charge in [-0.3, -0.25) is 14.5 Å². The second-order valence-electron chi connectivity index (χ2n) is 3.46. The van der Waals surface area contributed by atoms with E-state index in [-0.39, 0.29) is 4.90 Å². The number of benzene rings is 1. The Hall–Kier alpha value is -2.38. The molecule has 0 saturated carbocycles. The first-order valence-electron chi connectivity index (χ1n) is 4.58. The van der Waals surface area contributed by atoms with E-state index in [2.05, 4.69) is 0 Å². The minimum Gasteiger partial charge on any atom is -0.478 e. The van der Waals surface area contributed by atoms with Gasteiger partial charge in [-0.1, -0.05) is 0 Å². The third kappa shape index (κ3) is 1.53. The summed E-state index contributed by atoms with van der Waals surface area (Å²) in [5.74, 6) is -7.59. The number of carboxylic acids is 1. The van der Waals surface area contributed by atoms with Crippen LogP contribution >= 0.6 is 0 Å². The first-order chi connectivity index (χ1) is 8.34. The Morgan fingerprint density at radius 3 is 2.33 bits per heavy atom. The fourth-order valence-electron chi connectivity index (χ4n) is 1.59. The summed E-state index contributed by atoms with van der Waals surface area (Å²) in [4.78, 5) is 33.1. The molecule has 94 valence electrons. The number of halogens is 3. The highest BCUT2D eigenvalue weighted by molar-refractivity contribution is 6.52. The summed E-state index contributed by atoms with van der Waals surface area (Å²) in [7, 11) is 0. The van der Waals surface area contributed by atoms with Crippen molar-refractivity contribution < 1.29 is 32.7 Å². The molecule has 1 aliphatic heterocycles. The van der Waals surface area contributed by atoms with Gasteiger partial charge in [0, 0.05) is 6.07 Å². The average Bonchev–Trinajstić information content (AvgIpc) is 2.53. The Kier molecular flexibility index (Phi) is 2.57. The summed E-state index contributed by atoms with van der Waals surface area (Å²) in [5.41, 5.74) is -1.17. The average molecular weight is 259 g/mol. The number of fused-ring (bicyclic) bond motifs is 1. The van der Waals surface area contributed by atoms with E-state index >= 15 is 0 Å². The molecule has 1 unspecified atom stereocenters. The number of carboxylic acid groups (broad SMARTS) is 1. The van der Waals surface area contributed by atoms with Crippen molar-refractivity contribution in [2.24, 2.45) is 0 Å².